The predicted octanol–water partition coefficient (Wildman–Crippen LogP) is 3.01. The van der Waals surface area contributed by atoms with Gasteiger partial charge in [0.25, 0.3) is 0 Å². The Morgan fingerprint density at radius 2 is 2.11 bits per heavy atom. The van der Waals surface area contributed by atoms with Gasteiger partial charge >= 0.3 is 0 Å². The number of piperidine rings is 1. The molecule has 0 amide bonds. The third-order valence-corrected chi connectivity index (χ3v) is 3.78. The number of likely N-dealkylation sites (tertiary alicyclic amines) is 1. The molecule has 1 aromatic heterocycles. The Morgan fingerprint density at radius 1 is 1.39 bits per heavy atom. The molecule has 0 bridgehead atoms. The van der Waals surface area contributed by atoms with Gasteiger partial charge in [0.05, 0.1) is 12.8 Å². The molecule has 2 heterocycles. The quantitative estimate of drug-likeness (QED) is 0.871. The SMILES string of the molecule is CC1CCN(Cc2occc2CNC(C)C)CC1. The first kappa shape index (κ1) is 13.6. The largest absolute Gasteiger partial charge is 0.468 e. The van der Waals surface area contributed by atoms with Crippen molar-refractivity contribution in [3.8, 4) is 0 Å². The van der Waals surface area contributed by atoms with Crippen LogP contribution in [-0.2, 0) is 13.1 Å². The van der Waals surface area contributed by atoms with E-state index in [1.807, 2.05) is 6.26 Å². The minimum atomic E-state index is 0.517. The van der Waals surface area contributed by atoms with E-state index in [-0.39, 0.29) is 0 Å². The highest BCUT2D eigenvalue weighted by molar-refractivity contribution is 5.17. The first-order chi connectivity index (χ1) is 8.65. The van der Waals surface area contributed by atoms with Crippen LogP contribution in [0.3, 0.4) is 0 Å². The lowest BCUT2D eigenvalue weighted by atomic mass is 9.99. The summed E-state index contributed by atoms with van der Waals surface area (Å²) in [4.78, 5) is 2.51. The van der Waals surface area contributed by atoms with Crippen molar-refractivity contribution in [1.82, 2.24) is 10.2 Å². The predicted molar refractivity (Wildman–Crippen MR) is 74.4 cm³/mol. The highest BCUT2D eigenvalue weighted by atomic mass is 16.3. The average molecular weight is 250 g/mol. The number of nitrogens with zero attached hydrogens (tertiary/aromatic N) is 1. The minimum Gasteiger partial charge on any atom is -0.468 e. The molecule has 2 rings (SSSR count). The molecule has 18 heavy (non-hydrogen) atoms. The van der Waals surface area contributed by atoms with Gasteiger partial charge in [-0.15, -0.1) is 0 Å². The summed E-state index contributed by atoms with van der Waals surface area (Å²) in [5, 5.41) is 3.45. The summed E-state index contributed by atoms with van der Waals surface area (Å²) in [7, 11) is 0. The van der Waals surface area contributed by atoms with Crippen molar-refractivity contribution in [2.45, 2.75) is 52.7 Å². The van der Waals surface area contributed by atoms with Crippen LogP contribution < -0.4 is 5.32 Å². The molecule has 102 valence electrons. The normalized spacial score (nSPS) is 18.7. The zero-order chi connectivity index (χ0) is 13.0. The smallest absolute Gasteiger partial charge is 0.122 e. The molecule has 1 aliphatic heterocycles. The molecule has 1 N–H and O–H groups in total. The molecule has 0 spiro atoms. The van der Waals surface area contributed by atoms with Gasteiger partial charge in [-0.05, 0) is 37.9 Å². The molecule has 0 saturated carbocycles. The molecule has 0 aromatic carbocycles. The van der Waals surface area contributed by atoms with Crippen molar-refractivity contribution in [2.75, 3.05) is 13.1 Å². The minimum absolute atomic E-state index is 0.517. The van der Waals surface area contributed by atoms with Gasteiger partial charge < -0.3 is 9.73 Å². The molecule has 3 nitrogen and oxygen atoms in total. The number of hydrogen-bond acceptors (Lipinski definition) is 3. The lowest BCUT2D eigenvalue weighted by molar-refractivity contribution is 0.173. The molecule has 0 atom stereocenters. The van der Waals surface area contributed by atoms with E-state index in [2.05, 4.69) is 37.1 Å². The zero-order valence-electron chi connectivity index (χ0n) is 11.9. The molecular formula is C15H26N2O. The standard InChI is InChI=1S/C15H26N2O/c1-12(2)16-10-14-6-9-18-15(14)11-17-7-4-13(3)5-8-17/h6,9,12-13,16H,4-5,7-8,10-11H2,1-3H3. The molecule has 1 fully saturated rings. The summed E-state index contributed by atoms with van der Waals surface area (Å²) in [6.07, 6.45) is 4.46. The van der Waals surface area contributed by atoms with Crippen LogP contribution in [0.25, 0.3) is 0 Å². The maximum Gasteiger partial charge on any atom is 0.122 e. The van der Waals surface area contributed by atoms with Crippen LogP contribution in [0.5, 0.6) is 0 Å². The van der Waals surface area contributed by atoms with Gasteiger partial charge in [-0.25, -0.2) is 0 Å². The maximum absolute atomic E-state index is 5.64. The van der Waals surface area contributed by atoms with Crippen LogP contribution in [0.4, 0.5) is 0 Å². The van der Waals surface area contributed by atoms with Crippen LogP contribution in [-0.4, -0.2) is 24.0 Å². The molecule has 0 radical (unpaired) electrons. The lowest BCUT2D eigenvalue weighted by Crippen LogP contribution is -2.32. The highest BCUT2D eigenvalue weighted by Gasteiger charge is 2.18. The Balaban J connectivity index is 1.87. The Bertz CT molecular complexity index is 351. The van der Waals surface area contributed by atoms with E-state index in [1.54, 1.807) is 0 Å². The van der Waals surface area contributed by atoms with Gasteiger partial charge in [0.1, 0.15) is 5.76 Å². The highest BCUT2D eigenvalue weighted by Crippen LogP contribution is 2.20. The Kier molecular flexibility index (Phi) is 4.84. The third kappa shape index (κ3) is 3.85. The molecular weight excluding hydrogens is 224 g/mol. The fourth-order valence-corrected chi connectivity index (χ4v) is 2.40. The summed E-state index contributed by atoms with van der Waals surface area (Å²) in [6.45, 7) is 11.0. The van der Waals surface area contributed by atoms with E-state index >= 15 is 0 Å². The van der Waals surface area contributed by atoms with Crippen molar-refractivity contribution in [1.29, 1.82) is 0 Å². The van der Waals surface area contributed by atoms with Crippen molar-refractivity contribution < 1.29 is 4.42 Å². The summed E-state index contributed by atoms with van der Waals surface area (Å²) in [6, 6.07) is 2.61. The van der Waals surface area contributed by atoms with Crippen LogP contribution >= 0.6 is 0 Å². The monoisotopic (exact) mass is 250 g/mol. The summed E-state index contributed by atoms with van der Waals surface area (Å²) < 4.78 is 5.64. The second kappa shape index (κ2) is 6.39. The van der Waals surface area contributed by atoms with Crippen molar-refractivity contribution >= 4 is 0 Å². The lowest BCUT2D eigenvalue weighted by Gasteiger charge is -2.29. The second-order valence-electron chi connectivity index (χ2n) is 5.86. The van der Waals surface area contributed by atoms with Gasteiger partial charge in [0.15, 0.2) is 0 Å². The molecule has 1 aromatic rings. The zero-order valence-corrected chi connectivity index (χ0v) is 11.9. The van der Waals surface area contributed by atoms with Crippen molar-refractivity contribution in [3.63, 3.8) is 0 Å². The Morgan fingerprint density at radius 3 is 2.78 bits per heavy atom. The van der Waals surface area contributed by atoms with E-state index in [4.69, 9.17) is 4.42 Å². The molecule has 0 aliphatic carbocycles. The second-order valence-corrected chi connectivity index (χ2v) is 5.86. The number of hydrogen-bond donors (Lipinski definition) is 1. The third-order valence-electron chi connectivity index (χ3n) is 3.78. The maximum atomic E-state index is 5.64. The van der Waals surface area contributed by atoms with E-state index < -0.39 is 0 Å². The van der Waals surface area contributed by atoms with E-state index in [0.717, 1.165) is 24.8 Å². The van der Waals surface area contributed by atoms with Gasteiger partial charge in [-0.1, -0.05) is 20.8 Å². The first-order valence-electron chi connectivity index (χ1n) is 7.16. The van der Waals surface area contributed by atoms with E-state index in [9.17, 15) is 0 Å². The van der Waals surface area contributed by atoms with Crippen molar-refractivity contribution in [3.05, 3.63) is 23.7 Å². The average Bonchev–Trinajstić information content (AvgIpc) is 2.77. The molecule has 3 heteroatoms. The number of nitrogens with one attached hydrogen (secondary N) is 1. The van der Waals surface area contributed by atoms with Gasteiger partial charge in [0.2, 0.25) is 0 Å². The van der Waals surface area contributed by atoms with Gasteiger partial charge in [-0.3, -0.25) is 4.90 Å². The molecule has 1 aliphatic rings. The fraction of sp³-hybridized carbons (Fsp3) is 0.733. The topological polar surface area (TPSA) is 28.4 Å². The number of furan rings is 1. The Labute approximate surface area is 111 Å². The van der Waals surface area contributed by atoms with E-state index in [0.29, 0.717) is 6.04 Å². The summed E-state index contributed by atoms with van der Waals surface area (Å²) in [5.74, 6) is 2.03. The fourth-order valence-electron chi connectivity index (χ4n) is 2.40. The summed E-state index contributed by atoms with van der Waals surface area (Å²) in [5.41, 5.74) is 1.31. The van der Waals surface area contributed by atoms with Crippen LogP contribution in [0.2, 0.25) is 0 Å². The van der Waals surface area contributed by atoms with Crippen molar-refractivity contribution in [2.24, 2.45) is 5.92 Å². The first-order valence-corrected chi connectivity index (χ1v) is 7.16. The van der Waals surface area contributed by atoms with Crippen LogP contribution in [0, 0.1) is 5.92 Å². The van der Waals surface area contributed by atoms with Gasteiger partial charge in [-0.2, -0.15) is 0 Å². The van der Waals surface area contributed by atoms with Gasteiger partial charge in [0, 0.05) is 18.2 Å². The van der Waals surface area contributed by atoms with E-state index in [1.165, 1.54) is 31.5 Å². The molecule has 0 unspecified atom stereocenters. The number of rotatable bonds is 5. The van der Waals surface area contributed by atoms with Crippen LogP contribution in [0.15, 0.2) is 16.7 Å². The molecule has 1 saturated heterocycles. The van der Waals surface area contributed by atoms with Crippen LogP contribution in [0.1, 0.15) is 44.9 Å². The summed E-state index contributed by atoms with van der Waals surface area (Å²) >= 11 is 0. The Hall–Kier alpha value is -0.800.